The standard InChI is InChI=1S/C23H19N3O3S/c27-22-21-19(16-6-2-1-3-7-16)15-30-23(21)25-20(24-22)14-26(12-17-8-4-10-28-17)13-18-9-5-11-29-18/h1-11,15H,12-14H2,(H,24,25,27)/p+1. The van der Waals surface area contributed by atoms with Crippen molar-refractivity contribution in [3.05, 3.63) is 100 Å². The second kappa shape index (κ2) is 8.14. The molecule has 0 radical (unpaired) electrons. The van der Waals surface area contributed by atoms with E-state index >= 15 is 0 Å². The third-order valence-electron chi connectivity index (χ3n) is 5.00. The van der Waals surface area contributed by atoms with Crippen molar-refractivity contribution < 1.29 is 13.7 Å². The lowest BCUT2D eigenvalue weighted by Gasteiger charge is -2.16. The average Bonchev–Trinajstić information content (AvgIpc) is 3.50. The Labute approximate surface area is 176 Å². The number of rotatable bonds is 7. The highest BCUT2D eigenvalue weighted by atomic mass is 32.1. The van der Waals surface area contributed by atoms with Crippen molar-refractivity contribution in [2.24, 2.45) is 0 Å². The summed E-state index contributed by atoms with van der Waals surface area (Å²) in [6, 6.07) is 17.6. The number of aromatic nitrogens is 2. The average molecular weight is 418 g/mol. The van der Waals surface area contributed by atoms with Crippen LogP contribution in [0.4, 0.5) is 0 Å². The molecule has 0 amide bonds. The SMILES string of the molecule is O=c1[nH]c(C[NH+](Cc2ccco2)Cc2ccco2)nc2scc(-c3ccccc3)c12. The highest BCUT2D eigenvalue weighted by Gasteiger charge is 2.19. The Morgan fingerprint density at radius 3 is 2.23 bits per heavy atom. The molecule has 4 heterocycles. The number of hydrogen-bond acceptors (Lipinski definition) is 5. The number of fused-ring (bicyclic) bond motifs is 1. The van der Waals surface area contributed by atoms with Crippen molar-refractivity contribution in [3.63, 3.8) is 0 Å². The Hall–Kier alpha value is -3.42. The zero-order chi connectivity index (χ0) is 20.3. The van der Waals surface area contributed by atoms with E-state index in [2.05, 4.69) is 4.98 Å². The maximum atomic E-state index is 12.9. The van der Waals surface area contributed by atoms with Gasteiger partial charge in [-0.25, -0.2) is 4.98 Å². The van der Waals surface area contributed by atoms with Gasteiger partial charge in [-0.05, 0) is 29.8 Å². The van der Waals surface area contributed by atoms with Crippen LogP contribution < -0.4 is 10.5 Å². The van der Waals surface area contributed by atoms with Crippen LogP contribution in [0.5, 0.6) is 0 Å². The van der Waals surface area contributed by atoms with Crippen LogP contribution >= 0.6 is 11.3 Å². The largest absolute Gasteiger partial charge is 0.463 e. The van der Waals surface area contributed by atoms with Gasteiger partial charge in [0.05, 0.1) is 17.9 Å². The monoisotopic (exact) mass is 418 g/mol. The zero-order valence-corrected chi connectivity index (χ0v) is 16.9. The van der Waals surface area contributed by atoms with Gasteiger partial charge in [0.1, 0.15) is 24.5 Å². The van der Waals surface area contributed by atoms with Gasteiger partial charge in [0.15, 0.2) is 17.3 Å². The van der Waals surface area contributed by atoms with Gasteiger partial charge in [0.2, 0.25) is 0 Å². The summed E-state index contributed by atoms with van der Waals surface area (Å²) in [7, 11) is 0. The minimum atomic E-state index is -0.106. The molecule has 5 rings (SSSR count). The Balaban J connectivity index is 1.46. The van der Waals surface area contributed by atoms with Crippen molar-refractivity contribution >= 4 is 21.6 Å². The Morgan fingerprint density at radius 1 is 0.900 bits per heavy atom. The van der Waals surface area contributed by atoms with E-state index in [1.54, 1.807) is 12.5 Å². The molecule has 0 unspecified atom stereocenters. The summed E-state index contributed by atoms with van der Waals surface area (Å²) in [5, 5.41) is 2.65. The van der Waals surface area contributed by atoms with Gasteiger partial charge in [-0.15, -0.1) is 11.3 Å². The molecule has 7 heteroatoms. The van der Waals surface area contributed by atoms with Gasteiger partial charge >= 0.3 is 0 Å². The fraction of sp³-hybridized carbons (Fsp3) is 0.130. The zero-order valence-electron chi connectivity index (χ0n) is 16.1. The summed E-state index contributed by atoms with van der Waals surface area (Å²) >= 11 is 1.50. The van der Waals surface area contributed by atoms with Crippen molar-refractivity contribution in [1.82, 2.24) is 9.97 Å². The predicted molar refractivity (Wildman–Crippen MR) is 115 cm³/mol. The summed E-state index contributed by atoms with van der Waals surface area (Å²) < 4.78 is 11.1. The number of benzene rings is 1. The molecule has 150 valence electrons. The van der Waals surface area contributed by atoms with Crippen molar-refractivity contribution in [2.45, 2.75) is 19.6 Å². The first-order valence-electron chi connectivity index (χ1n) is 9.70. The van der Waals surface area contributed by atoms with E-state index in [-0.39, 0.29) is 5.56 Å². The van der Waals surface area contributed by atoms with E-state index < -0.39 is 0 Å². The molecule has 0 aliphatic carbocycles. The first-order chi connectivity index (χ1) is 14.8. The maximum Gasteiger partial charge on any atom is 0.260 e. The number of furan rings is 2. The van der Waals surface area contributed by atoms with Gasteiger partial charge in [0.25, 0.3) is 5.56 Å². The molecule has 6 nitrogen and oxygen atoms in total. The maximum absolute atomic E-state index is 12.9. The third kappa shape index (κ3) is 3.85. The molecule has 0 atom stereocenters. The molecular weight excluding hydrogens is 398 g/mol. The fourth-order valence-electron chi connectivity index (χ4n) is 3.65. The number of aromatic amines is 1. The van der Waals surface area contributed by atoms with E-state index in [0.29, 0.717) is 30.8 Å². The lowest BCUT2D eigenvalue weighted by molar-refractivity contribution is -0.943. The smallest absolute Gasteiger partial charge is 0.260 e. The fourth-order valence-corrected chi connectivity index (χ4v) is 4.62. The minimum Gasteiger partial charge on any atom is -0.463 e. The van der Waals surface area contributed by atoms with Crippen LogP contribution in [0.1, 0.15) is 17.3 Å². The molecule has 0 aliphatic heterocycles. The lowest BCUT2D eigenvalue weighted by atomic mass is 10.1. The topological polar surface area (TPSA) is 76.5 Å². The number of nitrogens with zero attached hydrogens (tertiary/aromatic N) is 1. The van der Waals surface area contributed by atoms with Crippen LogP contribution in [0.2, 0.25) is 0 Å². The number of nitrogens with one attached hydrogen (secondary N) is 2. The van der Waals surface area contributed by atoms with Gasteiger partial charge in [-0.3, -0.25) is 4.79 Å². The van der Waals surface area contributed by atoms with E-state index in [4.69, 9.17) is 13.8 Å². The molecule has 4 aromatic heterocycles. The number of H-pyrrole nitrogens is 1. The normalized spacial score (nSPS) is 11.5. The highest BCUT2D eigenvalue weighted by molar-refractivity contribution is 7.17. The van der Waals surface area contributed by atoms with Crippen LogP contribution in [0.25, 0.3) is 21.3 Å². The molecule has 1 aromatic carbocycles. The molecule has 2 N–H and O–H groups in total. The molecule has 0 spiro atoms. The van der Waals surface area contributed by atoms with E-state index in [1.807, 2.05) is 60.0 Å². The summed E-state index contributed by atoms with van der Waals surface area (Å²) in [6.45, 7) is 1.87. The summed E-state index contributed by atoms with van der Waals surface area (Å²) in [5.74, 6) is 2.41. The molecule has 0 fully saturated rings. The first kappa shape index (κ1) is 18.6. The van der Waals surface area contributed by atoms with Gasteiger partial charge < -0.3 is 18.7 Å². The van der Waals surface area contributed by atoms with Crippen molar-refractivity contribution in [3.8, 4) is 11.1 Å². The van der Waals surface area contributed by atoms with Crippen molar-refractivity contribution in [1.29, 1.82) is 0 Å². The van der Waals surface area contributed by atoms with E-state index in [1.165, 1.54) is 11.3 Å². The second-order valence-corrected chi connectivity index (χ2v) is 8.01. The highest BCUT2D eigenvalue weighted by Crippen LogP contribution is 2.30. The van der Waals surface area contributed by atoms with Crippen LogP contribution in [-0.4, -0.2) is 9.97 Å². The molecule has 0 saturated heterocycles. The minimum absolute atomic E-state index is 0.106. The molecular formula is C23H20N3O3S+. The van der Waals surface area contributed by atoms with Gasteiger partial charge in [-0.1, -0.05) is 30.3 Å². The van der Waals surface area contributed by atoms with Crippen LogP contribution in [0.3, 0.4) is 0 Å². The second-order valence-electron chi connectivity index (χ2n) is 7.15. The summed E-state index contributed by atoms with van der Waals surface area (Å²) in [5.41, 5.74) is 1.84. The van der Waals surface area contributed by atoms with E-state index in [0.717, 1.165) is 32.4 Å². The number of hydrogen-bond donors (Lipinski definition) is 2. The van der Waals surface area contributed by atoms with E-state index in [9.17, 15) is 4.79 Å². The van der Waals surface area contributed by atoms with Gasteiger partial charge in [0, 0.05) is 10.9 Å². The molecule has 0 aliphatic rings. The molecule has 5 aromatic rings. The lowest BCUT2D eigenvalue weighted by Crippen LogP contribution is -3.08. The van der Waals surface area contributed by atoms with Crippen LogP contribution in [0.15, 0.2) is 86.1 Å². The Kier molecular flexibility index (Phi) is 5.04. The quantitative estimate of drug-likeness (QED) is 0.423. The summed E-state index contributed by atoms with van der Waals surface area (Å²) in [4.78, 5) is 22.6. The number of thiophene rings is 1. The first-order valence-corrected chi connectivity index (χ1v) is 10.6. The number of quaternary nitrogens is 1. The Morgan fingerprint density at radius 2 is 1.60 bits per heavy atom. The van der Waals surface area contributed by atoms with Gasteiger partial charge in [-0.2, -0.15) is 0 Å². The predicted octanol–water partition coefficient (Wildman–Crippen LogP) is 3.62. The molecule has 30 heavy (non-hydrogen) atoms. The Bertz CT molecular complexity index is 1250. The summed E-state index contributed by atoms with van der Waals surface area (Å²) in [6.07, 6.45) is 3.34. The van der Waals surface area contributed by atoms with Crippen molar-refractivity contribution in [2.75, 3.05) is 0 Å². The van der Waals surface area contributed by atoms with Crippen LogP contribution in [0, 0.1) is 0 Å². The molecule has 0 saturated carbocycles. The molecule has 0 bridgehead atoms. The van der Waals surface area contributed by atoms with Crippen LogP contribution in [-0.2, 0) is 19.6 Å². The third-order valence-corrected chi connectivity index (χ3v) is 5.88.